The van der Waals surface area contributed by atoms with Gasteiger partial charge in [0.15, 0.2) is 11.5 Å². The van der Waals surface area contributed by atoms with E-state index < -0.39 is 28.0 Å². The Morgan fingerprint density at radius 1 is 1.40 bits per heavy atom. The average Bonchev–Trinajstić information content (AvgIpc) is 2.41. The van der Waals surface area contributed by atoms with Crippen LogP contribution in [0.25, 0.3) is 0 Å². The average molecular weight is 277 g/mol. The molecule has 0 saturated carbocycles. The second-order valence-electron chi connectivity index (χ2n) is 3.57. The summed E-state index contributed by atoms with van der Waals surface area (Å²) in [5.74, 6) is -2.28. The molecule has 2 aromatic rings. The smallest absolute Gasteiger partial charge is 0.314 e. The monoisotopic (exact) mass is 277 g/mol. The van der Waals surface area contributed by atoms with Crippen LogP contribution in [0.1, 0.15) is 5.69 Å². The number of ether oxygens (including phenoxy) is 1. The highest BCUT2D eigenvalue weighted by atomic mass is 19.1. The van der Waals surface area contributed by atoms with Gasteiger partial charge in [-0.2, -0.15) is 0 Å². The number of hydrogen-bond acceptors (Lipinski definition) is 6. The first-order valence-electron chi connectivity index (χ1n) is 5.27. The first-order chi connectivity index (χ1) is 9.50. The fourth-order valence-electron chi connectivity index (χ4n) is 1.42. The Bertz CT molecular complexity index is 692. The summed E-state index contributed by atoms with van der Waals surface area (Å²) >= 11 is 0. The van der Waals surface area contributed by atoms with Gasteiger partial charge in [-0.15, -0.1) is 0 Å². The quantitative estimate of drug-likeness (QED) is 0.378. The Balaban J connectivity index is 2.51. The van der Waals surface area contributed by atoms with Crippen molar-refractivity contribution in [2.45, 2.75) is 0 Å². The highest BCUT2D eigenvalue weighted by Gasteiger charge is 2.22. The molecule has 1 aromatic carbocycles. The van der Waals surface area contributed by atoms with E-state index >= 15 is 0 Å². The van der Waals surface area contributed by atoms with Crippen LogP contribution in [0.3, 0.4) is 0 Å². The highest BCUT2D eigenvalue weighted by molar-refractivity contribution is 5.95. The summed E-state index contributed by atoms with van der Waals surface area (Å²) in [7, 11) is 0. The van der Waals surface area contributed by atoms with Crippen LogP contribution in [0.15, 0.2) is 30.6 Å². The van der Waals surface area contributed by atoms with Crippen LogP contribution >= 0.6 is 0 Å². The van der Waals surface area contributed by atoms with Crippen LogP contribution in [-0.2, 0) is 0 Å². The van der Waals surface area contributed by atoms with E-state index in [1.54, 1.807) is 0 Å². The molecule has 0 aliphatic carbocycles. The Labute approximate surface area is 111 Å². The van der Waals surface area contributed by atoms with Gasteiger partial charge in [0.2, 0.25) is 11.6 Å². The topological polar surface area (TPSA) is 128 Å². The predicted octanol–water partition coefficient (Wildman–Crippen LogP) is 1.60. The summed E-state index contributed by atoms with van der Waals surface area (Å²) in [5.41, 5.74) is 4.58. The zero-order chi connectivity index (χ0) is 14.7. The lowest BCUT2D eigenvalue weighted by Gasteiger charge is -2.08. The molecule has 0 unspecified atom stereocenters. The molecule has 102 valence electrons. The number of nitro groups is 1. The number of nitrogens with zero attached hydrogens (tertiary/aromatic N) is 3. The Hall–Kier alpha value is -3.10. The molecule has 1 aromatic heterocycles. The SMILES string of the molecule is N=C(N)c1nccnc1Oc1c(F)cccc1[N+](=O)[O-]. The number of rotatable bonds is 4. The lowest BCUT2D eigenvalue weighted by molar-refractivity contribution is -0.385. The Kier molecular flexibility index (Phi) is 3.51. The van der Waals surface area contributed by atoms with E-state index in [1.165, 1.54) is 18.5 Å². The summed E-state index contributed by atoms with van der Waals surface area (Å²) in [6.45, 7) is 0. The van der Waals surface area contributed by atoms with Crippen molar-refractivity contribution in [1.82, 2.24) is 9.97 Å². The maximum atomic E-state index is 13.7. The van der Waals surface area contributed by atoms with E-state index in [0.29, 0.717) is 0 Å². The molecule has 0 radical (unpaired) electrons. The molecule has 0 saturated heterocycles. The molecule has 20 heavy (non-hydrogen) atoms. The van der Waals surface area contributed by atoms with Crippen molar-refractivity contribution >= 4 is 11.5 Å². The lowest BCUT2D eigenvalue weighted by atomic mass is 10.3. The molecule has 0 aliphatic rings. The molecule has 9 heteroatoms. The number of aromatic nitrogens is 2. The van der Waals surface area contributed by atoms with Crippen molar-refractivity contribution in [2.75, 3.05) is 0 Å². The molecule has 2 rings (SSSR count). The van der Waals surface area contributed by atoms with Crippen molar-refractivity contribution in [1.29, 1.82) is 5.41 Å². The second-order valence-corrected chi connectivity index (χ2v) is 3.57. The number of amidine groups is 1. The molecule has 0 bridgehead atoms. The minimum atomic E-state index is -0.931. The minimum Gasteiger partial charge on any atom is -0.426 e. The van der Waals surface area contributed by atoms with Gasteiger partial charge in [0.25, 0.3) is 0 Å². The number of nitrogen functional groups attached to an aromatic ring is 1. The molecule has 0 spiro atoms. The van der Waals surface area contributed by atoms with Crippen molar-refractivity contribution in [2.24, 2.45) is 5.73 Å². The van der Waals surface area contributed by atoms with Gasteiger partial charge in [-0.05, 0) is 6.07 Å². The zero-order valence-corrected chi connectivity index (χ0v) is 9.91. The van der Waals surface area contributed by atoms with E-state index in [2.05, 4.69) is 9.97 Å². The molecule has 0 fully saturated rings. The maximum absolute atomic E-state index is 13.7. The highest BCUT2D eigenvalue weighted by Crippen LogP contribution is 2.33. The third-order valence-electron chi connectivity index (χ3n) is 2.26. The first-order valence-corrected chi connectivity index (χ1v) is 5.27. The van der Waals surface area contributed by atoms with Gasteiger partial charge in [-0.3, -0.25) is 15.5 Å². The molecule has 1 heterocycles. The molecule has 3 N–H and O–H groups in total. The molecule has 8 nitrogen and oxygen atoms in total. The van der Waals surface area contributed by atoms with Crippen LogP contribution in [0.4, 0.5) is 10.1 Å². The van der Waals surface area contributed by atoms with E-state index in [-0.39, 0.29) is 11.6 Å². The van der Waals surface area contributed by atoms with E-state index in [0.717, 1.165) is 12.1 Å². The van der Waals surface area contributed by atoms with Crippen LogP contribution in [0.2, 0.25) is 0 Å². The van der Waals surface area contributed by atoms with E-state index in [1.807, 2.05) is 0 Å². The van der Waals surface area contributed by atoms with Crippen LogP contribution in [-0.4, -0.2) is 20.7 Å². The molecular weight excluding hydrogens is 269 g/mol. The minimum absolute atomic E-state index is 0.134. The number of nitro benzene ring substituents is 1. The first kappa shape index (κ1) is 13.3. The van der Waals surface area contributed by atoms with E-state index in [4.69, 9.17) is 15.9 Å². The summed E-state index contributed by atoms with van der Waals surface area (Å²) in [5, 5.41) is 18.1. The second kappa shape index (κ2) is 5.26. The van der Waals surface area contributed by atoms with Crippen LogP contribution in [0, 0.1) is 21.3 Å². The number of nitrogens with one attached hydrogen (secondary N) is 1. The van der Waals surface area contributed by atoms with Gasteiger partial charge in [-0.1, -0.05) is 6.07 Å². The maximum Gasteiger partial charge on any atom is 0.314 e. The number of benzene rings is 1. The third-order valence-corrected chi connectivity index (χ3v) is 2.26. The largest absolute Gasteiger partial charge is 0.426 e. The predicted molar refractivity (Wildman–Crippen MR) is 66.2 cm³/mol. The zero-order valence-electron chi connectivity index (χ0n) is 9.91. The normalized spacial score (nSPS) is 10.1. The number of hydrogen-bond donors (Lipinski definition) is 2. The van der Waals surface area contributed by atoms with Crippen molar-refractivity contribution in [3.8, 4) is 11.6 Å². The third kappa shape index (κ3) is 2.51. The van der Waals surface area contributed by atoms with Gasteiger partial charge < -0.3 is 10.5 Å². The fraction of sp³-hybridized carbons (Fsp3) is 0. The van der Waals surface area contributed by atoms with Crippen molar-refractivity contribution < 1.29 is 14.1 Å². The Morgan fingerprint density at radius 2 is 2.10 bits per heavy atom. The van der Waals surface area contributed by atoms with Crippen LogP contribution < -0.4 is 10.5 Å². The fourth-order valence-corrected chi connectivity index (χ4v) is 1.42. The van der Waals surface area contributed by atoms with Crippen LogP contribution in [0.5, 0.6) is 11.6 Å². The molecule has 0 atom stereocenters. The van der Waals surface area contributed by atoms with Gasteiger partial charge in [0, 0.05) is 18.5 Å². The molecule has 0 amide bonds. The standard InChI is InChI=1S/C11H8FN5O3/c12-6-2-1-3-7(17(18)19)9(6)20-11-8(10(13)14)15-4-5-16-11/h1-5H,(H3,13,14). The van der Waals surface area contributed by atoms with Gasteiger partial charge in [0.1, 0.15) is 5.84 Å². The van der Waals surface area contributed by atoms with Crippen molar-refractivity contribution in [3.05, 3.63) is 52.2 Å². The van der Waals surface area contributed by atoms with Gasteiger partial charge >= 0.3 is 5.69 Å². The Morgan fingerprint density at radius 3 is 2.75 bits per heavy atom. The number of nitrogens with two attached hydrogens (primary N) is 1. The summed E-state index contributed by atoms with van der Waals surface area (Å²) < 4.78 is 18.7. The van der Waals surface area contributed by atoms with Gasteiger partial charge in [0.05, 0.1) is 4.92 Å². The number of halogens is 1. The van der Waals surface area contributed by atoms with E-state index in [9.17, 15) is 14.5 Å². The van der Waals surface area contributed by atoms with Gasteiger partial charge in [-0.25, -0.2) is 14.4 Å². The summed E-state index contributed by atoms with van der Waals surface area (Å²) in [6.07, 6.45) is 2.49. The number of para-hydroxylation sites is 1. The summed E-state index contributed by atoms with van der Waals surface area (Å²) in [6, 6.07) is 3.28. The molecule has 0 aliphatic heterocycles. The summed E-state index contributed by atoms with van der Waals surface area (Å²) in [4.78, 5) is 17.5. The van der Waals surface area contributed by atoms with Crippen molar-refractivity contribution in [3.63, 3.8) is 0 Å². The lowest BCUT2D eigenvalue weighted by Crippen LogP contribution is -2.15. The molecular formula is C11H8FN5O3.